The van der Waals surface area contributed by atoms with Gasteiger partial charge >= 0.3 is 0 Å². The summed E-state index contributed by atoms with van der Waals surface area (Å²) in [5.74, 6) is 0.952. The van der Waals surface area contributed by atoms with Crippen molar-refractivity contribution in [2.75, 3.05) is 19.8 Å². The first-order valence-corrected chi connectivity index (χ1v) is 7.29. The van der Waals surface area contributed by atoms with Crippen LogP contribution in [-0.2, 0) is 4.74 Å². The second kappa shape index (κ2) is 8.70. The Morgan fingerprint density at radius 2 is 2.18 bits per heavy atom. The van der Waals surface area contributed by atoms with E-state index in [1.807, 2.05) is 6.92 Å². The Morgan fingerprint density at radius 1 is 1.41 bits per heavy atom. The Kier molecular flexibility index (Phi) is 7.53. The van der Waals surface area contributed by atoms with Crippen LogP contribution in [0.1, 0.15) is 46.0 Å². The topological polar surface area (TPSA) is 33.3 Å². The van der Waals surface area contributed by atoms with E-state index in [9.17, 15) is 0 Å². The zero-order chi connectivity index (χ0) is 12.5. The fraction of sp³-hybridized carbons (Fsp3) is 0.923. The molecule has 0 radical (unpaired) electrons. The smallest absolute Gasteiger partial charge is 0.166 e. The molecule has 1 rings (SSSR count). The molecule has 0 heterocycles. The van der Waals surface area contributed by atoms with Gasteiger partial charge in [0.05, 0.1) is 0 Å². The highest BCUT2D eigenvalue weighted by Gasteiger charge is 2.24. The Morgan fingerprint density at radius 3 is 2.76 bits per heavy atom. The highest BCUT2D eigenvalue weighted by Crippen LogP contribution is 2.33. The van der Waals surface area contributed by atoms with Gasteiger partial charge in [0.15, 0.2) is 5.11 Å². The van der Waals surface area contributed by atoms with E-state index in [1.165, 1.54) is 19.3 Å². The Balaban J connectivity index is 2.01. The molecule has 0 bridgehead atoms. The molecule has 0 amide bonds. The van der Waals surface area contributed by atoms with Gasteiger partial charge in [0.1, 0.15) is 0 Å². The number of hydrogen-bond acceptors (Lipinski definition) is 2. The second-order valence-electron chi connectivity index (χ2n) is 4.73. The quantitative estimate of drug-likeness (QED) is 0.492. The van der Waals surface area contributed by atoms with Crippen LogP contribution >= 0.6 is 12.2 Å². The third-order valence-electron chi connectivity index (χ3n) is 3.10. The molecule has 1 fully saturated rings. The molecule has 2 N–H and O–H groups in total. The van der Waals surface area contributed by atoms with E-state index >= 15 is 0 Å². The van der Waals surface area contributed by atoms with Crippen LogP contribution < -0.4 is 10.6 Å². The zero-order valence-electron chi connectivity index (χ0n) is 11.1. The monoisotopic (exact) mass is 258 g/mol. The molecule has 3 nitrogen and oxygen atoms in total. The van der Waals surface area contributed by atoms with E-state index in [0.29, 0.717) is 6.04 Å². The minimum atomic E-state index is 0.550. The van der Waals surface area contributed by atoms with Gasteiger partial charge in [-0.1, -0.05) is 19.8 Å². The highest BCUT2D eigenvalue weighted by atomic mass is 32.1. The molecule has 0 aliphatic heterocycles. The van der Waals surface area contributed by atoms with Gasteiger partial charge in [-0.25, -0.2) is 0 Å². The number of rotatable bonds is 9. The molecule has 1 saturated carbocycles. The molecule has 0 aromatic rings. The Hall–Kier alpha value is -0.350. The largest absolute Gasteiger partial charge is 0.382 e. The van der Waals surface area contributed by atoms with Crippen LogP contribution in [0, 0.1) is 5.92 Å². The highest BCUT2D eigenvalue weighted by molar-refractivity contribution is 7.80. The first kappa shape index (κ1) is 14.7. The van der Waals surface area contributed by atoms with Crippen LogP contribution in [-0.4, -0.2) is 30.9 Å². The van der Waals surface area contributed by atoms with Gasteiger partial charge in [-0.2, -0.15) is 0 Å². The first-order valence-electron chi connectivity index (χ1n) is 6.88. The summed E-state index contributed by atoms with van der Waals surface area (Å²) in [7, 11) is 0. The average Bonchev–Trinajstić information content (AvgIpc) is 3.12. The van der Waals surface area contributed by atoms with Crippen LogP contribution in [0.5, 0.6) is 0 Å². The summed E-state index contributed by atoms with van der Waals surface area (Å²) in [5, 5.41) is 7.45. The van der Waals surface area contributed by atoms with E-state index in [-0.39, 0.29) is 0 Å². The SMILES string of the molecule is CCOCCCNC(=S)NC(CC)CC1CC1. The summed E-state index contributed by atoms with van der Waals surface area (Å²) < 4.78 is 5.27. The lowest BCUT2D eigenvalue weighted by molar-refractivity contribution is 0.145. The van der Waals surface area contributed by atoms with Crippen molar-refractivity contribution < 1.29 is 4.74 Å². The molecule has 100 valence electrons. The van der Waals surface area contributed by atoms with Crippen LogP contribution in [0.4, 0.5) is 0 Å². The van der Waals surface area contributed by atoms with Crippen molar-refractivity contribution >= 4 is 17.3 Å². The molecule has 17 heavy (non-hydrogen) atoms. The standard InChI is InChI=1S/C13H26N2OS/c1-3-12(10-11-6-7-11)15-13(17)14-8-5-9-16-4-2/h11-12H,3-10H2,1-2H3,(H2,14,15,17). The van der Waals surface area contributed by atoms with E-state index in [0.717, 1.165) is 43.6 Å². The van der Waals surface area contributed by atoms with Gasteiger partial charge in [-0.05, 0) is 44.3 Å². The van der Waals surface area contributed by atoms with Crippen molar-refractivity contribution in [2.45, 2.75) is 52.0 Å². The summed E-state index contributed by atoms with van der Waals surface area (Å²) >= 11 is 5.28. The van der Waals surface area contributed by atoms with Crippen molar-refractivity contribution in [1.29, 1.82) is 0 Å². The average molecular weight is 258 g/mol. The van der Waals surface area contributed by atoms with Crippen molar-refractivity contribution in [3.63, 3.8) is 0 Å². The summed E-state index contributed by atoms with van der Waals surface area (Å²) in [6.07, 6.45) is 6.25. The predicted molar refractivity (Wildman–Crippen MR) is 76.3 cm³/mol. The molecule has 1 aliphatic rings. The summed E-state index contributed by atoms with van der Waals surface area (Å²) in [6, 6.07) is 0.550. The number of hydrogen-bond donors (Lipinski definition) is 2. The first-order chi connectivity index (χ1) is 8.26. The van der Waals surface area contributed by atoms with E-state index < -0.39 is 0 Å². The minimum absolute atomic E-state index is 0.550. The predicted octanol–water partition coefficient (Wildman–Crippen LogP) is 2.46. The third-order valence-corrected chi connectivity index (χ3v) is 3.36. The van der Waals surface area contributed by atoms with E-state index in [4.69, 9.17) is 17.0 Å². The van der Waals surface area contributed by atoms with Gasteiger partial charge < -0.3 is 15.4 Å². The van der Waals surface area contributed by atoms with Gasteiger partial charge in [0.2, 0.25) is 0 Å². The van der Waals surface area contributed by atoms with E-state index in [1.54, 1.807) is 0 Å². The van der Waals surface area contributed by atoms with Crippen LogP contribution in [0.15, 0.2) is 0 Å². The van der Waals surface area contributed by atoms with Crippen LogP contribution in [0.25, 0.3) is 0 Å². The number of ether oxygens (including phenoxy) is 1. The van der Waals surface area contributed by atoms with Crippen molar-refractivity contribution in [3.8, 4) is 0 Å². The lowest BCUT2D eigenvalue weighted by Crippen LogP contribution is -2.42. The number of thiocarbonyl (C=S) groups is 1. The Bertz CT molecular complexity index is 219. The summed E-state index contributed by atoms with van der Waals surface area (Å²) in [5.41, 5.74) is 0. The molecule has 1 unspecified atom stereocenters. The molecular weight excluding hydrogens is 232 g/mol. The molecule has 1 aliphatic carbocycles. The lowest BCUT2D eigenvalue weighted by Gasteiger charge is -2.19. The van der Waals surface area contributed by atoms with Gasteiger partial charge in [0.25, 0.3) is 0 Å². The Labute approximate surface area is 111 Å². The maximum Gasteiger partial charge on any atom is 0.166 e. The minimum Gasteiger partial charge on any atom is -0.382 e. The van der Waals surface area contributed by atoms with Crippen LogP contribution in [0.3, 0.4) is 0 Å². The van der Waals surface area contributed by atoms with Crippen molar-refractivity contribution in [3.05, 3.63) is 0 Å². The second-order valence-corrected chi connectivity index (χ2v) is 5.14. The summed E-state index contributed by atoms with van der Waals surface area (Å²) in [6.45, 7) is 6.74. The van der Waals surface area contributed by atoms with Crippen molar-refractivity contribution in [1.82, 2.24) is 10.6 Å². The van der Waals surface area contributed by atoms with Gasteiger partial charge in [-0.15, -0.1) is 0 Å². The fourth-order valence-electron chi connectivity index (χ4n) is 1.84. The lowest BCUT2D eigenvalue weighted by atomic mass is 10.1. The molecular formula is C13H26N2OS. The summed E-state index contributed by atoms with van der Waals surface area (Å²) in [4.78, 5) is 0. The maximum absolute atomic E-state index is 5.28. The third kappa shape index (κ3) is 7.55. The number of nitrogens with one attached hydrogen (secondary N) is 2. The van der Waals surface area contributed by atoms with Crippen molar-refractivity contribution in [2.24, 2.45) is 5.92 Å². The maximum atomic E-state index is 5.28. The zero-order valence-corrected chi connectivity index (χ0v) is 11.9. The molecule has 4 heteroatoms. The molecule has 0 aromatic carbocycles. The fourth-order valence-corrected chi connectivity index (χ4v) is 2.11. The van der Waals surface area contributed by atoms with Gasteiger partial charge in [-0.3, -0.25) is 0 Å². The normalized spacial score (nSPS) is 16.6. The van der Waals surface area contributed by atoms with Crippen LogP contribution in [0.2, 0.25) is 0 Å². The molecule has 0 aromatic heterocycles. The van der Waals surface area contributed by atoms with E-state index in [2.05, 4.69) is 17.6 Å². The van der Waals surface area contributed by atoms with Gasteiger partial charge in [0, 0.05) is 25.8 Å². The molecule has 0 saturated heterocycles. The molecule has 0 spiro atoms. The molecule has 1 atom stereocenters.